The van der Waals surface area contributed by atoms with Crippen LogP contribution < -0.4 is 4.74 Å². The van der Waals surface area contributed by atoms with Gasteiger partial charge in [0.1, 0.15) is 23.1 Å². The van der Waals surface area contributed by atoms with Crippen molar-refractivity contribution in [1.29, 1.82) is 0 Å². The largest absolute Gasteiger partial charge is 0.439 e. The molecular weight excluding hydrogens is 436 g/mol. The molecule has 0 atom stereocenters. The molecule has 1 amide bonds. The third-order valence-corrected chi connectivity index (χ3v) is 5.84. The van der Waals surface area contributed by atoms with E-state index in [1.54, 1.807) is 28.8 Å². The number of carbonyl (C=O) groups excluding carboxylic acids is 1. The van der Waals surface area contributed by atoms with Crippen LogP contribution in [0.2, 0.25) is 0 Å². The quantitative estimate of drug-likeness (QED) is 0.343. The maximum absolute atomic E-state index is 14.5. The lowest BCUT2D eigenvalue weighted by Gasteiger charge is -2.23. The molecule has 0 bridgehead atoms. The number of hydrogen-bond donors (Lipinski definition) is 0. The molecule has 1 aromatic heterocycles. The first kappa shape index (κ1) is 21.8. The predicted octanol–water partition coefficient (Wildman–Crippen LogP) is 5.96. The van der Waals surface area contributed by atoms with Crippen molar-refractivity contribution in [1.82, 2.24) is 14.7 Å². The van der Waals surface area contributed by atoms with E-state index in [0.717, 1.165) is 18.4 Å². The molecule has 1 aliphatic carbocycles. The van der Waals surface area contributed by atoms with Crippen molar-refractivity contribution in [2.45, 2.75) is 25.4 Å². The summed E-state index contributed by atoms with van der Waals surface area (Å²) in [6.07, 6.45) is 1.71. The molecule has 0 radical (unpaired) electrons. The number of aryl methyl sites for hydroxylation is 1. The van der Waals surface area contributed by atoms with Crippen LogP contribution in [0.3, 0.4) is 0 Å². The summed E-state index contributed by atoms with van der Waals surface area (Å²) in [6.45, 7) is 0.201. The Kier molecular flexibility index (Phi) is 5.84. The summed E-state index contributed by atoms with van der Waals surface area (Å²) in [5.41, 5.74) is 2.29. The second kappa shape index (κ2) is 9.09. The molecule has 4 aromatic rings. The number of halogens is 2. The minimum atomic E-state index is -0.546. The van der Waals surface area contributed by atoms with E-state index in [-0.39, 0.29) is 29.9 Å². The Morgan fingerprint density at radius 1 is 1.00 bits per heavy atom. The summed E-state index contributed by atoms with van der Waals surface area (Å²) in [7, 11) is 1.76. The summed E-state index contributed by atoms with van der Waals surface area (Å²) >= 11 is 0. The molecule has 3 aromatic carbocycles. The van der Waals surface area contributed by atoms with Gasteiger partial charge in [-0.1, -0.05) is 42.5 Å². The molecule has 7 heteroatoms. The highest BCUT2D eigenvalue weighted by molar-refractivity contribution is 5.95. The van der Waals surface area contributed by atoms with Crippen molar-refractivity contribution >= 4 is 5.91 Å². The van der Waals surface area contributed by atoms with Gasteiger partial charge in [-0.2, -0.15) is 5.10 Å². The van der Waals surface area contributed by atoms with Crippen LogP contribution in [-0.4, -0.2) is 26.6 Å². The van der Waals surface area contributed by atoms with Gasteiger partial charge < -0.3 is 9.64 Å². The van der Waals surface area contributed by atoms with Gasteiger partial charge in [-0.05, 0) is 49.2 Å². The zero-order valence-electron chi connectivity index (χ0n) is 18.6. The molecule has 172 valence electrons. The summed E-state index contributed by atoms with van der Waals surface area (Å²) < 4.78 is 35.6. The number of amides is 1. The van der Waals surface area contributed by atoms with Crippen molar-refractivity contribution in [3.8, 4) is 22.9 Å². The first-order valence-corrected chi connectivity index (χ1v) is 11.1. The second-order valence-corrected chi connectivity index (χ2v) is 8.32. The van der Waals surface area contributed by atoms with Crippen molar-refractivity contribution in [2.24, 2.45) is 7.05 Å². The lowest BCUT2D eigenvalue weighted by molar-refractivity contribution is 0.0724. The predicted molar refractivity (Wildman–Crippen MR) is 124 cm³/mol. The Morgan fingerprint density at radius 2 is 1.68 bits per heavy atom. The van der Waals surface area contributed by atoms with Crippen LogP contribution in [0.5, 0.6) is 11.6 Å². The third-order valence-electron chi connectivity index (χ3n) is 5.84. The van der Waals surface area contributed by atoms with Crippen molar-refractivity contribution < 1.29 is 18.3 Å². The number of benzene rings is 3. The Balaban J connectivity index is 1.57. The average molecular weight is 459 g/mol. The molecule has 1 heterocycles. The van der Waals surface area contributed by atoms with Gasteiger partial charge in [0.05, 0.1) is 17.7 Å². The lowest BCUT2D eigenvalue weighted by atomic mass is 10.1. The Labute approximate surface area is 196 Å². The van der Waals surface area contributed by atoms with Crippen LogP contribution in [0, 0.1) is 11.6 Å². The van der Waals surface area contributed by atoms with E-state index in [1.807, 2.05) is 30.3 Å². The van der Waals surface area contributed by atoms with Gasteiger partial charge in [0.2, 0.25) is 5.88 Å². The van der Waals surface area contributed by atoms with E-state index in [2.05, 4.69) is 5.10 Å². The smallest absolute Gasteiger partial charge is 0.257 e. The number of aromatic nitrogens is 2. The van der Waals surface area contributed by atoms with Gasteiger partial charge in [-0.3, -0.25) is 4.79 Å². The average Bonchev–Trinajstić information content (AvgIpc) is 3.65. The molecule has 0 N–H and O–H groups in total. The maximum atomic E-state index is 14.5. The van der Waals surface area contributed by atoms with Crippen LogP contribution in [0.4, 0.5) is 8.78 Å². The van der Waals surface area contributed by atoms with Gasteiger partial charge in [0.25, 0.3) is 5.91 Å². The SMILES string of the molecule is Cn1nc(-c2ccccc2)c(CN(C(=O)c2ccccc2F)C2CC2)c1Oc1ccc(F)cc1. The van der Waals surface area contributed by atoms with E-state index >= 15 is 0 Å². The molecule has 0 unspecified atom stereocenters. The Hall–Kier alpha value is -4.00. The molecule has 1 saturated carbocycles. The zero-order valence-corrected chi connectivity index (χ0v) is 18.6. The molecule has 0 aliphatic heterocycles. The van der Waals surface area contributed by atoms with Crippen LogP contribution in [-0.2, 0) is 13.6 Å². The van der Waals surface area contributed by atoms with Crippen LogP contribution in [0.1, 0.15) is 28.8 Å². The highest BCUT2D eigenvalue weighted by atomic mass is 19.1. The Morgan fingerprint density at radius 3 is 2.35 bits per heavy atom. The fraction of sp³-hybridized carbons (Fsp3) is 0.185. The topological polar surface area (TPSA) is 47.4 Å². The van der Waals surface area contributed by atoms with Gasteiger partial charge >= 0.3 is 0 Å². The standard InChI is InChI=1S/C27H23F2N3O2/c1-31-27(34-21-15-11-19(28)12-16-21)23(25(30-31)18-7-3-2-4-8-18)17-32(20-13-14-20)26(33)22-9-5-6-10-24(22)29/h2-12,15-16,20H,13-14,17H2,1H3. The van der Waals surface area contributed by atoms with E-state index in [1.165, 1.54) is 36.4 Å². The fourth-order valence-corrected chi connectivity index (χ4v) is 3.98. The van der Waals surface area contributed by atoms with Crippen LogP contribution in [0.15, 0.2) is 78.9 Å². The van der Waals surface area contributed by atoms with Gasteiger partial charge in [-0.15, -0.1) is 0 Å². The molecule has 5 rings (SSSR count). The molecule has 5 nitrogen and oxygen atoms in total. The first-order valence-electron chi connectivity index (χ1n) is 11.1. The van der Waals surface area contributed by atoms with E-state index in [4.69, 9.17) is 4.74 Å². The number of ether oxygens (including phenoxy) is 1. The van der Waals surface area contributed by atoms with Gasteiger partial charge in [0.15, 0.2) is 0 Å². The minimum Gasteiger partial charge on any atom is -0.439 e. The molecule has 0 spiro atoms. The second-order valence-electron chi connectivity index (χ2n) is 8.32. The molecular formula is C27H23F2N3O2. The number of nitrogens with zero attached hydrogens (tertiary/aromatic N) is 3. The number of carbonyl (C=O) groups is 1. The Bertz CT molecular complexity index is 1320. The lowest BCUT2D eigenvalue weighted by Crippen LogP contribution is -2.33. The molecule has 0 saturated heterocycles. The van der Waals surface area contributed by atoms with E-state index < -0.39 is 5.82 Å². The monoisotopic (exact) mass is 459 g/mol. The normalized spacial score (nSPS) is 13.0. The molecule has 1 aliphatic rings. The number of rotatable bonds is 7. The summed E-state index contributed by atoms with van der Waals surface area (Å²) in [5, 5.41) is 4.68. The van der Waals surface area contributed by atoms with Crippen LogP contribution in [0.25, 0.3) is 11.3 Å². The van der Waals surface area contributed by atoms with Gasteiger partial charge in [0, 0.05) is 18.7 Å². The molecule has 34 heavy (non-hydrogen) atoms. The van der Waals surface area contributed by atoms with Crippen molar-refractivity contribution in [3.05, 3.63) is 102 Å². The molecule has 1 fully saturated rings. The fourth-order valence-electron chi connectivity index (χ4n) is 3.98. The summed E-state index contributed by atoms with van der Waals surface area (Å²) in [4.78, 5) is 15.1. The maximum Gasteiger partial charge on any atom is 0.257 e. The summed E-state index contributed by atoms with van der Waals surface area (Å²) in [6, 6.07) is 21.4. The van der Waals surface area contributed by atoms with Crippen LogP contribution >= 0.6 is 0 Å². The summed E-state index contributed by atoms with van der Waals surface area (Å²) in [5.74, 6) is -0.384. The minimum absolute atomic E-state index is 0.0228. The van der Waals surface area contributed by atoms with Crippen molar-refractivity contribution in [2.75, 3.05) is 0 Å². The van der Waals surface area contributed by atoms with Gasteiger partial charge in [-0.25, -0.2) is 13.5 Å². The van der Waals surface area contributed by atoms with E-state index in [0.29, 0.717) is 22.9 Å². The first-order chi connectivity index (χ1) is 16.5. The highest BCUT2D eigenvalue weighted by Gasteiger charge is 2.36. The zero-order chi connectivity index (χ0) is 23.7. The highest BCUT2D eigenvalue weighted by Crippen LogP contribution is 2.37. The van der Waals surface area contributed by atoms with E-state index in [9.17, 15) is 13.6 Å². The third kappa shape index (κ3) is 4.41. The van der Waals surface area contributed by atoms with Crippen molar-refractivity contribution in [3.63, 3.8) is 0 Å². The number of hydrogen-bond acceptors (Lipinski definition) is 3.